The van der Waals surface area contributed by atoms with Crippen LogP contribution >= 0.6 is 11.6 Å². The summed E-state index contributed by atoms with van der Waals surface area (Å²) in [7, 11) is -4.12. The molecule has 0 radical (unpaired) electrons. The van der Waals surface area contributed by atoms with Crippen LogP contribution in [-0.2, 0) is 21.2 Å². The first-order valence-electron chi connectivity index (χ1n) is 10.7. The van der Waals surface area contributed by atoms with Crippen molar-refractivity contribution in [2.24, 2.45) is 0 Å². The largest absolute Gasteiger partial charge is 0.329 e. The minimum Gasteiger partial charge on any atom is -0.325 e. The highest BCUT2D eigenvalue weighted by Crippen LogP contribution is 2.20. The van der Waals surface area contributed by atoms with Gasteiger partial charge in [-0.15, -0.1) is 0 Å². The molecule has 7 nitrogen and oxygen atoms in total. The molecule has 2 N–H and O–H groups in total. The van der Waals surface area contributed by atoms with Crippen LogP contribution in [0.4, 0.5) is 10.5 Å². The first-order chi connectivity index (χ1) is 16.2. The number of carbonyl (C=O) groups is 2. The van der Waals surface area contributed by atoms with Crippen LogP contribution < -0.4 is 14.9 Å². The van der Waals surface area contributed by atoms with Crippen molar-refractivity contribution in [1.82, 2.24) is 10.0 Å². The number of likely N-dealkylation sites (N-methyl/N-ethyl adjacent to an activating group) is 1. The van der Waals surface area contributed by atoms with Crippen LogP contribution in [0.25, 0.3) is 0 Å². The molecular formula is C25H26ClN3O4S. The summed E-state index contributed by atoms with van der Waals surface area (Å²) in [5, 5.41) is 3.09. The quantitative estimate of drug-likeness (QED) is 0.483. The van der Waals surface area contributed by atoms with Gasteiger partial charge in [0, 0.05) is 23.7 Å². The maximum absolute atomic E-state index is 13.5. The molecule has 0 fully saturated rings. The standard InChI is InChI=1S/C25H26ClN3O4S/c1-3-29(21-15-13-20(26)14-16-21)24(30)22(17-19-10-5-4-6-11-19)27-25(31)28-34(32,33)23-12-8-7-9-18(23)2/h4-16,22H,3,17H2,1-2H3,(H2,27,28,31)/t22-/m0/s1. The van der Waals surface area contributed by atoms with E-state index < -0.39 is 22.1 Å². The summed E-state index contributed by atoms with van der Waals surface area (Å²) in [6.07, 6.45) is 0.182. The Balaban J connectivity index is 1.85. The van der Waals surface area contributed by atoms with Gasteiger partial charge in [0.05, 0.1) is 4.90 Å². The highest BCUT2D eigenvalue weighted by molar-refractivity contribution is 7.90. The predicted molar refractivity (Wildman–Crippen MR) is 133 cm³/mol. The Morgan fingerprint density at radius 1 is 0.941 bits per heavy atom. The number of urea groups is 1. The molecule has 3 aromatic carbocycles. The summed E-state index contributed by atoms with van der Waals surface area (Å²) >= 11 is 5.98. The van der Waals surface area contributed by atoms with Crippen LogP contribution in [0.1, 0.15) is 18.1 Å². The van der Waals surface area contributed by atoms with Crippen LogP contribution in [0.15, 0.2) is 83.8 Å². The Kier molecular flexibility index (Phi) is 8.31. The molecule has 3 rings (SSSR count). The van der Waals surface area contributed by atoms with E-state index in [1.807, 2.05) is 42.0 Å². The summed E-state index contributed by atoms with van der Waals surface area (Å²) in [6.45, 7) is 3.80. The van der Waals surface area contributed by atoms with Crippen molar-refractivity contribution in [3.8, 4) is 0 Å². The van der Waals surface area contributed by atoms with Crippen LogP contribution in [0.5, 0.6) is 0 Å². The van der Waals surface area contributed by atoms with E-state index in [0.717, 1.165) is 5.56 Å². The monoisotopic (exact) mass is 499 g/mol. The van der Waals surface area contributed by atoms with Crippen molar-refractivity contribution in [1.29, 1.82) is 0 Å². The molecule has 1 atom stereocenters. The van der Waals surface area contributed by atoms with Crippen molar-refractivity contribution in [3.05, 3.63) is 95.0 Å². The van der Waals surface area contributed by atoms with Gasteiger partial charge in [-0.2, -0.15) is 0 Å². The molecule has 0 saturated heterocycles. The number of benzene rings is 3. The number of halogens is 1. The van der Waals surface area contributed by atoms with Gasteiger partial charge in [-0.05, 0) is 55.3 Å². The van der Waals surface area contributed by atoms with Crippen LogP contribution in [0.2, 0.25) is 5.02 Å². The van der Waals surface area contributed by atoms with Crippen molar-refractivity contribution >= 4 is 39.2 Å². The van der Waals surface area contributed by atoms with Gasteiger partial charge in [-0.1, -0.05) is 60.1 Å². The van der Waals surface area contributed by atoms with Crippen molar-refractivity contribution in [2.75, 3.05) is 11.4 Å². The molecule has 0 unspecified atom stereocenters. The number of nitrogens with one attached hydrogen (secondary N) is 2. The highest BCUT2D eigenvalue weighted by atomic mass is 35.5. The molecule has 3 amide bonds. The molecule has 0 heterocycles. The fourth-order valence-electron chi connectivity index (χ4n) is 3.55. The molecule has 0 bridgehead atoms. The smallest absolute Gasteiger partial charge is 0.325 e. The summed E-state index contributed by atoms with van der Waals surface area (Å²) in [5.74, 6) is -0.378. The third-order valence-corrected chi connectivity index (χ3v) is 6.96. The van der Waals surface area contributed by atoms with Gasteiger partial charge < -0.3 is 10.2 Å². The molecule has 34 heavy (non-hydrogen) atoms. The summed E-state index contributed by atoms with van der Waals surface area (Å²) < 4.78 is 27.5. The van der Waals surface area contributed by atoms with Crippen molar-refractivity contribution < 1.29 is 18.0 Å². The first kappa shape index (κ1) is 25.3. The van der Waals surface area contributed by atoms with E-state index in [1.165, 1.54) is 11.0 Å². The molecule has 0 saturated carbocycles. The minimum absolute atomic E-state index is 0.00700. The third-order valence-electron chi connectivity index (χ3n) is 5.22. The van der Waals surface area contributed by atoms with E-state index in [9.17, 15) is 18.0 Å². The van der Waals surface area contributed by atoms with E-state index in [1.54, 1.807) is 49.4 Å². The Bertz CT molecular complexity index is 1250. The summed E-state index contributed by atoms with van der Waals surface area (Å²) in [4.78, 5) is 27.7. The lowest BCUT2D eigenvalue weighted by Crippen LogP contribution is -2.53. The summed E-state index contributed by atoms with van der Waals surface area (Å²) in [6, 6.07) is 20.3. The number of rotatable bonds is 8. The molecule has 0 aliphatic rings. The average molecular weight is 500 g/mol. The van der Waals surface area contributed by atoms with Gasteiger partial charge in [0.25, 0.3) is 10.0 Å². The van der Waals surface area contributed by atoms with E-state index in [4.69, 9.17) is 11.6 Å². The van der Waals surface area contributed by atoms with Gasteiger partial charge in [0.2, 0.25) is 5.91 Å². The Hall–Kier alpha value is -3.36. The predicted octanol–water partition coefficient (Wildman–Crippen LogP) is 4.30. The molecule has 178 valence electrons. The lowest BCUT2D eigenvalue weighted by molar-refractivity contribution is -0.120. The van der Waals surface area contributed by atoms with Gasteiger partial charge >= 0.3 is 6.03 Å². The van der Waals surface area contributed by atoms with Crippen LogP contribution in [0.3, 0.4) is 0 Å². The maximum atomic E-state index is 13.5. The van der Waals surface area contributed by atoms with Gasteiger partial charge in [0.15, 0.2) is 0 Å². The molecule has 9 heteroatoms. The van der Waals surface area contributed by atoms with Crippen molar-refractivity contribution in [2.45, 2.75) is 31.2 Å². The molecular weight excluding hydrogens is 474 g/mol. The molecule has 0 aliphatic carbocycles. The van der Waals surface area contributed by atoms with E-state index in [-0.39, 0.29) is 17.2 Å². The van der Waals surface area contributed by atoms with E-state index in [2.05, 4.69) is 5.32 Å². The number of aryl methyl sites for hydroxylation is 1. The lowest BCUT2D eigenvalue weighted by Gasteiger charge is -2.27. The fraction of sp³-hybridized carbons (Fsp3) is 0.200. The number of sulfonamides is 1. The topological polar surface area (TPSA) is 95.6 Å². The number of hydrogen-bond donors (Lipinski definition) is 2. The van der Waals surface area contributed by atoms with E-state index >= 15 is 0 Å². The number of nitrogens with zero attached hydrogens (tertiary/aromatic N) is 1. The van der Waals surface area contributed by atoms with Crippen molar-refractivity contribution in [3.63, 3.8) is 0 Å². The van der Waals surface area contributed by atoms with Crippen LogP contribution in [-0.4, -0.2) is 32.9 Å². The summed E-state index contributed by atoms with van der Waals surface area (Å²) in [5.41, 5.74) is 1.93. The zero-order chi connectivity index (χ0) is 24.7. The SMILES string of the molecule is CCN(C(=O)[C@H](Cc1ccccc1)NC(=O)NS(=O)(=O)c1ccccc1C)c1ccc(Cl)cc1. The fourth-order valence-corrected chi connectivity index (χ4v) is 4.84. The second-order valence-corrected chi connectivity index (χ2v) is 9.73. The van der Waals surface area contributed by atoms with E-state index in [0.29, 0.717) is 22.8 Å². The van der Waals surface area contributed by atoms with Gasteiger partial charge in [-0.3, -0.25) is 4.79 Å². The Labute approximate surface area is 204 Å². The zero-order valence-electron chi connectivity index (χ0n) is 18.9. The first-order valence-corrected chi connectivity index (χ1v) is 12.6. The molecule has 3 aromatic rings. The number of anilines is 1. The number of hydrogen-bond acceptors (Lipinski definition) is 4. The number of carbonyl (C=O) groups excluding carboxylic acids is 2. The zero-order valence-corrected chi connectivity index (χ0v) is 20.4. The lowest BCUT2D eigenvalue weighted by atomic mass is 10.0. The normalized spacial score (nSPS) is 12.0. The molecule has 0 aliphatic heterocycles. The Morgan fingerprint density at radius 2 is 1.56 bits per heavy atom. The third kappa shape index (κ3) is 6.36. The average Bonchev–Trinajstić information content (AvgIpc) is 2.80. The number of amides is 3. The maximum Gasteiger partial charge on any atom is 0.329 e. The second kappa shape index (κ2) is 11.2. The van der Waals surface area contributed by atoms with Gasteiger partial charge in [0.1, 0.15) is 6.04 Å². The minimum atomic E-state index is -4.12. The highest BCUT2D eigenvalue weighted by Gasteiger charge is 2.28. The second-order valence-electron chi connectivity index (χ2n) is 7.65. The Morgan fingerprint density at radius 3 is 2.18 bits per heavy atom. The van der Waals surface area contributed by atoms with Crippen LogP contribution in [0, 0.1) is 6.92 Å². The molecule has 0 spiro atoms. The van der Waals surface area contributed by atoms with Gasteiger partial charge in [-0.25, -0.2) is 17.9 Å². The molecule has 0 aromatic heterocycles.